The van der Waals surface area contributed by atoms with Crippen LogP contribution in [0, 0.1) is 11.8 Å². The Bertz CT molecular complexity index is 282. The van der Waals surface area contributed by atoms with Crippen LogP contribution in [0.2, 0.25) is 0 Å². The fourth-order valence-electron chi connectivity index (χ4n) is 1.11. The van der Waals surface area contributed by atoms with Gasteiger partial charge in [-0.15, -0.1) is 5.10 Å². The van der Waals surface area contributed by atoms with Crippen molar-refractivity contribution in [2.24, 2.45) is 11.8 Å². The first-order chi connectivity index (χ1) is 5.77. The van der Waals surface area contributed by atoms with Gasteiger partial charge in [0.2, 0.25) is 5.91 Å². The van der Waals surface area contributed by atoms with Gasteiger partial charge in [0.25, 0.3) is 5.95 Å². The largest absolute Gasteiger partial charge is 0.292 e. The summed E-state index contributed by atoms with van der Waals surface area (Å²) < 4.78 is 0. The molecule has 1 saturated carbocycles. The minimum absolute atomic E-state index is 0.0103. The van der Waals surface area contributed by atoms with E-state index >= 15 is 0 Å². The van der Waals surface area contributed by atoms with Crippen LogP contribution in [0.3, 0.4) is 0 Å². The molecule has 0 bridgehead atoms. The van der Waals surface area contributed by atoms with E-state index in [9.17, 15) is 4.79 Å². The fourth-order valence-corrected chi connectivity index (χ4v) is 1.11. The van der Waals surface area contributed by atoms with E-state index in [0.29, 0.717) is 5.92 Å². The first-order valence-electron chi connectivity index (χ1n) is 3.81. The minimum atomic E-state index is -0.0103. The summed E-state index contributed by atoms with van der Waals surface area (Å²) in [6.07, 6.45) is 0.962. The molecule has 0 aromatic carbocycles. The van der Waals surface area contributed by atoms with Gasteiger partial charge >= 0.3 is 0 Å². The third kappa shape index (κ3) is 1.27. The number of amides is 1. The van der Waals surface area contributed by atoms with Crippen LogP contribution in [0.5, 0.6) is 0 Å². The Hall–Kier alpha value is -1.46. The fraction of sp³-hybridized carbons (Fsp3) is 0.667. The van der Waals surface area contributed by atoms with E-state index in [4.69, 9.17) is 0 Å². The zero-order valence-electron chi connectivity index (χ0n) is 6.61. The number of aromatic nitrogens is 4. The lowest BCUT2D eigenvalue weighted by Gasteiger charge is -1.95. The van der Waals surface area contributed by atoms with Crippen LogP contribution in [-0.4, -0.2) is 26.5 Å². The van der Waals surface area contributed by atoms with Crippen molar-refractivity contribution in [3.63, 3.8) is 0 Å². The van der Waals surface area contributed by atoms with Gasteiger partial charge in [0.1, 0.15) is 0 Å². The first-order valence-corrected chi connectivity index (χ1v) is 3.81. The van der Waals surface area contributed by atoms with Gasteiger partial charge in [-0.1, -0.05) is 12.0 Å². The van der Waals surface area contributed by atoms with E-state index < -0.39 is 0 Å². The number of nitrogens with zero attached hydrogens (tertiary/aromatic N) is 3. The highest BCUT2D eigenvalue weighted by Gasteiger charge is 2.39. The molecule has 6 nitrogen and oxygen atoms in total. The smallest absolute Gasteiger partial charge is 0.269 e. The second-order valence-corrected chi connectivity index (χ2v) is 3.04. The van der Waals surface area contributed by atoms with Crippen molar-refractivity contribution in [1.29, 1.82) is 0 Å². The van der Waals surface area contributed by atoms with Gasteiger partial charge in [0, 0.05) is 5.92 Å². The Labute approximate surface area is 68.7 Å². The highest BCUT2D eigenvalue weighted by atomic mass is 16.2. The van der Waals surface area contributed by atoms with Crippen molar-refractivity contribution in [3.05, 3.63) is 0 Å². The van der Waals surface area contributed by atoms with Crippen LogP contribution in [0.4, 0.5) is 5.95 Å². The maximum atomic E-state index is 11.3. The molecule has 6 heteroatoms. The lowest BCUT2D eigenvalue weighted by Crippen LogP contribution is -2.15. The first kappa shape index (κ1) is 7.20. The van der Waals surface area contributed by atoms with Gasteiger partial charge in [-0.25, -0.2) is 0 Å². The Morgan fingerprint density at radius 2 is 2.50 bits per heavy atom. The molecule has 2 rings (SSSR count). The van der Waals surface area contributed by atoms with E-state index in [-0.39, 0.29) is 17.8 Å². The summed E-state index contributed by atoms with van der Waals surface area (Å²) in [5, 5.41) is 15.4. The summed E-state index contributed by atoms with van der Waals surface area (Å²) in [7, 11) is 0. The number of hydrogen-bond acceptors (Lipinski definition) is 4. The highest BCUT2D eigenvalue weighted by molar-refractivity contribution is 5.92. The number of anilines is 1. The van der Waals surface area contributed by atoms with Crippen molar-refractivity contribution in [2.45, 2.75) is 13.3 Å². The number of carbonyl (C=O) groups is 1. The monoisotopic (exact) mass is 167 g/mol. The molecule has 12 heavy (non-hydrogen) atoms. The second kappa shape index (κ2) is 2.54. The van der Waals surface area contributed by atoms with Crippen LogP contribution in [-0.2, 0) is 4.79 Å². The van der Waals surface area contributed by atoms with Crippen LogP contribution in [0.1, 0.15) is 13.3 Å². The van der Waals surface area contributed by atoms with Crippen molar-refractivity contribution in [2.75, 3.05) is 5.32 Å². The van der Waals surface area contributed by atoms with E-state index in [1.54, 1.807) is 0 Å². The van der Waals surface area contributed by atoms with Gasteiger partial charge in [0.05, 0.1) is 0 Å². The molecular formula is C6H9N5O. The standard InChI is InChI=1S/C6H9N5O/c1-3-2-4(3)5(12)7-6-8-10-11-9-6/h3-4H,2H2,1H3,(H2,7,8,9,10,11,12)/t3-,4-/m1/s1. The summed E-state index contributed by atoms with van der Waals surface area (Å²) in [5.41, 5.74) is 0. The molecule has 64 valence electrons. The summed E-state index contributed by atoms with van der Waals surface area (Å²) in [6, 6.07) is 0. The molecule has 1 aliphatic rings. The average Bonchev–Trinajstić information content (AvgIpc) is 2.58. The molecule has 1 aliphatic carbocycles. The molecule has 1 aromatic rings. The maximum Gasteiger partial charge on any atom is 0.269 e. The molecular weight excluding hydrogens is 158 g/mol. The van der Waals surface area contributed by atoms with Gasteiger partial charge < -0.3 is 0 Å². The summed E-state index contributed by atoms with van der Waals surface area (Å²) in [6.45, 7) is 2.04. The minimum Gasteiger partial charge on any atom is -0.292 e. The average molecular weight is 167 g/mol. The number of rotatable bonds is 2. The molecule has 0 radical (unpaired) electrons. The quantitative estimate of drug-likeness (QED) is 0.638. The summed E-state index contributed by atoms with van der Waals surface area (Å²) >= 11 is 0. The lowest BCUT2D eigenvalue weighted by molar-refractivity contribution is -0.117. The Kier molecular flexibility index (Phi) is 1.53. The Morgan fingerprint density at radius 1 is 1.75 bits per heavy atom. The molecule has 2 atom stereocenters. The van der Waals surface area contributed by atoms with E-state index in [1.165, 1.54) is 0 Å². The van der Waals surface area contributed by atoms with Crippen LogP contribution in [0.25, 0.3) is 0 Å². The van der Waals surface area contributed by atoms with Gasteiger partial charge in [-0.3, -0.25) is 10.1 Å². The topological polar surface area (TPSA) is 83.6 Å². The predicted molar refractivity (Wildman–Crippen MR) is 40.1 cm³/mol. The molecule has 1 heterocycles. The predicted octanol–water partition coefficient (Wildman–Crippen LogP) is -0.206. The van der Waals surface area contributed by atoms with Crippen LogP contribution >= 0.6 is 0 Å². The molecule has 0 spiro atoms. The summed E-state index contributed by atoms with van der Waals surface area (Å²) in [4.78, 5) is 11.3. The van der Waals surface area contributed by atoms with Crippen molar-refractivity contribution >= 4 is 11.9 Å². The molecule has 0 unspecified atom stereocenters. The summed E-state index contributed by atoms with van der Waals surface area (Å²) in [5.74, 6) is 0.878. The number of hydrogen-bond donors (Lipinski definition) is 2. The number of H-pyrrole nitrogens is 1. The SMILES string of the molecule is C[C@@H]1C[C@H]1C(=O)Nc1nn[nH]n1. The van der Waals surface area contributed by atoms with Crippen LogP contribution in [0.15, 0.2) is 0 Å². The molecule has 1 fully saturated rings. The number of tetrazole rings is 1. The zero-order valence-corrected chi connectivity index (χ0v) is 6.61. The Balaban J connectivity index is 1.92. The van der Waals surface area contributed by atoms with Gasteiger partial charge in [-0.2, -0.15) is 5.21 Å². The maximum absolute atomic E-state index is 11.3. The third-order valence-corrected chi connectivity index (χ3v) is 2.03. The van der Waals surface area contributed by atoms with Gasteiger partial charge in [-0.05, 0) is 17.6 Å². The molecule has 0 saturated heterocycles. The second-order valence-electron chi connectivity index (χ2n) is 3.04. The van der Waals surface area contributed by atoms with Crippen molar-refractivity contribution in [1.82, 2.24) is 20.6 Å². The van der Waals surface area contributed by atoms with Gasteiger partial charge in [0.15, 0.2) is 0 Å². The molecule has 2 N–H and O–H groups in total. The van der Waals surface area contributed by atoms with Crippen molar-refractivity contribution < 1.29 is 4.79 Å². The number of carbonyl (C=O) groups excluding carboxylic acids is 1. The van der Waals surface area contributed by atoms with E-state index in [0.717, 1.165) is 6.42 Å². The normalized spacial score (nSPS) is 26.8. The molecule has 0 aliphatic heterocycles. The van der Waals surface area contributed by atoms with E-state index in [2.05, 4.69) is 25.9 Å². The number of nitrogens with one attached hydrogen (secondary N) is 2. The zero-order chi connectivity index (χ0) is 8.55. The lowest BCUT2D eigenvalue weighted by atomic mass is 10.3. The van der Waals surface area contributed by atoms with E-state index in [1.807, 2.05) is 6.92 Å². The van der Waals surface area contributed by atoms with Crippen molar-refractivity contribution in [3.8, 4) is 0 Å². The Morgan fingerprint density at radius 3 is 3.00 bits per heavy atom. The number of aromatic amines is 1. The van der Waals surface area contributed by atoms with Crippen LogP contribution < -0.4 is 5.32 Å². The highest BCUT2D eigenvalue weighted by Crippen LogP contribution is 2.38. The molecule has 1 amide bonds. The third-order valence-electron chi connectivity index (χ3n) is 2.03. The molecule has 1 aromatic heterocycles.